The van der Waals surface area contributed by atoms with Gasteiger partial charge in [-0.05, 0) is 81.5 Å². The summed E-state index contributed by atoms with van der Waals surface area (Å²) in [6.45, 7) is 0. The Bertz CT molecular complexity index is 1210. The van der Waals surface area contributed by atoms with Crippen LogP contribution in [0.5, 0.6) is 0 Å². The molecule has 227 valence electrons. The van der Waals surface area contributed by atoms with Crippen molar-refractivity contribution in [1.82, 2.24) is 0 Å². The van der Waals surface area contributed by atoms with E-state index in [1.807, 2.05) is 0 Å². The molecule has 8 heteroatoms. The molecule has 1 fully saturated rings. The van der Waals surface area contributed by atoms with Gasteiger partial charge in [-0.1, -0.05) is 145 Å². The summed E-state index contributed by atoms with van der Waals surface area (Å²) in [5, 5.41) is 5.97. The standard InChI is InChI=1S/C28H28P2.C7H8.BF4.Rh/c1-5-15-25(16-6-1)29(26-17-7-2-8-18-26)23-13-14-24-30(27-19-9-3-10-20-27)28-21-11-4-12-22-28;1-2-7-4-3-6(1)5-7;2-1(3,4)5;/h1-12,15-22H,13-14,23-24H2;1-2H,3-5H2;;/q;;-1;. The molecule has 4 aromatic carbocycles. The summed E-state index contributed by atoms with van der Waals surface area (Å²) in [7, 11) is -6.57. The Morgan fingerprint density at radius 1 is 0.465 bits per heavy atom. The van der Waals surface area contributed by atoms with Crippen LogP contribution in [0, 0.1) is 0 Å². The van der Waals surface area contributed by atoms with Crippen LogP contribution in [0.25, 0.3) is 0 Å². The SMILES string of the molecule is C1=C2CCC(=C1)C2.F[B-](F)(F)F.[Rh].c1ccc(P(CCCCP(c2ccccc2)c2ccccc2)c2ccccc2)cc1. The zero-order chi connectivity index (χ0) is 29.6. The molecule has 2 aliphatic carbocycles. The van der Waals surface area contributed by atoms with E-state index in [1.54, 1.807) is 11.1 Å². The summed E-state index contributed by atoms with van der Waals surface area (Å²) in [5.74, 6) is 0. The van der Waals surface area contributed by atoms with E-state index in [2.05, 4.69) is 133 Å². The van der Waals surface area contributed by atoms with Crippen molar-refractivity contribution >= 4 is 44.3 Å². The maximum atomic E-state index is 9.75. The van der Waals surface area contributed by atoms with Crippen LogP contribution in [0.3, 0.4) is 0 Å². The first-order chi connectivity index (χ1) is 20.4. The Morgan fingerprint density at radius 3 is 0.907 bits per heavy atom. The predicted molar refractivity (Wildman–Crippen MR) is 177 cm³/mol. The van der Waals surface area contributed by atoms with Crippen LogP contribution in [-0.4, -0.2) is 19.6 Å². The number of benzene rings is 4. The van der Waals surface area contributed by atoms with Gasteiger partial charge in [-0.3, -0.25) is 0 Å². The molecule has 0 unspecified atom stereocenters. The molecule has 0 aromatic heterocycles. The van der Waals surface area contributed by atoms with Crippen molar-refractivity contribution in [2.75, 3.05) is 12.3 Å². The Balaban J connectivity index is 0.000000322. The largest absolute Gasteiger partial charge is 0.673 e. The van der Waals surface area contributed by atoms with Crippen molar-refractivity contribution in [2.45, 2.75) is 32.1 Å². The van der Waals surface area contributed by atoms with Gasteiger partial charge in [0.05, 0.1) is 0 Å². The normalized spacial score (nSPS) is 13.3. The van der Waals surface area contributed by atoms with Crippen LogP contribution in [0.2, 0.25) is 0 Å². The van der Waals surface area contributed by atoms with Crippen molar-refractivity contribution in [3.63, 3.8) is 0 Å². The van der Waals surface area contributed by atoms with E-state index in [4.69, 9.17) is 0 Å². The second-order valence-electron chi connectivity index (χ2n) is 10.2. The fourth-order valence-corrected chi connectivity index (χ4v) is 9.93. The fraction of sp³-hybridized carbons (Fsp3) is 0.200. The number of allylic oxidation sites excluding steroid dienone is 4. The Labute approximate surface area is 269 Å². The molecule has 0 saturated heterocycles. The summed E-state index contributed by atoms with van der Waals surface area (Å²) in [4.78, 5) is 0. The number of unbranched alkanes of at least 4 members (excludes halogenated alkanes) is 1. The van der Waals surface area contributed by atoms with Gasteiger partial charge in [0.15, 0.2) is 0 Å². The maximum absolute atomic E-state index is 9.75. The molecule has 1 radical (unpaired) electrons. The molecule has 0 aliphatic heterocycles. The van der Waals surface area contributed by atoms with Gasteiger partial charge in [0.1, 0.15) is 0 Å². The Hall–Kier alpha value is -2.37. The zero-order valence-electron chi connectivity index (χ0n) is 24.0. The van der Waals surface area contributed by atoms with E-state index in [1.165, 1.54) is 65.6 Å². The zero-order valence-corrected chi connectivity index (χ0v) is 27.4. The van der Waals surface area contributed by atoms with Crippen LogP contribution in [0.1, 0.15) is 32.1 Å². The van der Waals surface area contributed by atoms with Crippen molar-refractivity contribution in [3.05, 3.63) is 145 Å². The second kappa shape index (κ2) is 18.4. The Morgan fingerprint density at radius 2 is 0.721 bits per heavy atom. The molecule has 2 aliphatic rings. The van der Waals surface area contributed by atoms with Gasteiger partial charge in [0, 0.05) is 19.5 Å². The van der Waals surface area contributed by atoms with Crippen LogP contribution >= 0.6 is 15.8 Å². The first kappa shape index (κ1) is 35.1. The molecule has 0 amide bonds. The minimum Gasteiger partial charge on any atom is -0.418 e. The maximum Gasteiger partial charge on any atom is 0.673 e. The van der Waals surface area contributed by atoms with Crippen molar-refractivity contribution in [1.29, 1.82) is 0 Å². The number of halogens is 4. The molecule has 0 heterocycles. The van der Waals surface area contributed by atoms with Crippen LogP contribution in [-0.2, 0) is 19.5 Å². The molecule has 1 saturated carbocycles. The fourth-order valence-electron chi connectivity index (χ4n) is 5.10. The van der Waals surface area contributed by atoms with Crippen molar-refractivity contribution in [2.24, 2.45) is 0 Å². The predicted octanol–water partition coefficient (Wildman–Crippen LogP) is 9.37. The third-order valence-corrected chi connectivity index (χ3v) is 12.3. The van der Waals surface area contributed by atoms with Gasteiger partial charge in [0.2, 0.25) is 0 Å². The van der Waals surface area contributed by atoms with Gasteiger partial charge in [-0.15, -0.1) is 0 Å². The van der Waals surface area contributed by atoms with E-state index in [0.717, 1.165) is 0 Å². The third-order valence-electron chi connectivity index (χ3n) is 7.06. The van der Waals surface area contributed by atoms with Crippen molar-refractivity contribution in [3.8, 4) is 0 Å². The molecule has 0 atom stereocenters. The average Bonchev–Trinajstić information content (AvgIpc) is 3.67. The molecule has 0 spiro atoms. The smallest absolute Gasteiger partial charge is 0.418 e. The number of rotatable bonds is 9. The molecule has 6 rings (SSSR count). The molecule has 2 bridgehead atoms. The minimum atomic E-state index is -6.00. The van der Waals surface area contributed by atoms with Crippen LogP contribution in [0.4, 0.5) is 17.3 Å². The molecule has 0 nitrogen and oxygen atoms in total. The first-order valence-corrected chi connectivity index (χ1v) is 17.4. The molecular formula is C35H36BF4P2Rh-. The van der Waals surface area contributed by atoms with Gasteiger partial charge in [-0.2, -0.15) is 0 Å². The topological polar surface area (TPSA) is 0 Å². The monoisotopic (exact) mass is 708 g/mol. The Kier molecular flexibility index (Phi) is 15.1. The molecule has 43 heavy (non-hydrogen) atoms. The summed E-state index contributed by atoms with van der Waals surface area (Å²) >= 11 is 0. The third kappa shape index (κ3) is 12.6. The van der Waals surface area contributed by atoms with Crippen LogP contribution in [0.15, 0.2) is 145 Å². The molecular weight excluding hydrogens is 672 g/mol. The average molecular weight is 708 g/mol. The summed E-state index contributed by atoms with van der Waals surface area (Å²) in [5.41, 5.74) is 3.30. The van der Waals surface area contributed by atoms with Crippen LogP contribution < -0.4 is 21.2 Å². The molecule has 0 N–H and O–H groups in total. The van der Waals surface area contributed by atoms with Gasteiger partial charge < -0.3 is 17.3 Å². The first-order valence-electron chi connectivity index (χ1n) is 14.4. The van der Waals surface area contributed by atoms with E-state index >= 15 is 0 Å². The summed E-state index contributed by atoms with van der Waals surface area (Å²) < 4.78 is 39.0. The minimum absolute atomic E-state index is 0. The van der Waals surface area contributed by atoms with E-state index in [9.17, 15) is 17.3 Å². The van der Waals surface area contributed by atoms with E-state index < -0.39 is 7.25 Å². The summed E-state index contributed by atoms with van der Waals surface area (Å²) in [6, 6.07) is 44.3. The molecule has 4 aromatic rings. The van der Waals surface area contributed by atoms with Gasteiger partial charge >= 0.3 is 7.25 Å². The van der Waals surface area contributed by atoms with Gasteiger partial charge in [-0.25, -0.2) is 0 Å². The number of fused-ring (bicyclic) bond motifs is 2. The summed E-state index contributed by atoms with van der Waals surface area (Å²) in [6.07, 6.45) is 13.6. The number of hydrogen-bond acceptors (Lipinski definition) is 0. The van der Waals surface area contributed by atoms with Crippen molar-refractivity contribution < 1.29 is 36.7 Å². The quantitative estimate of drug-likeness (QED) is 0.0704. The second-order valence-corrected chi connectivity index (χ2v) is 14.8. The van der Waals surface area contributed by atoms with E-state index in [0.29, 0.717) is 0 Å². The van der Waals surface area contributed by atoms with Gasteiger partial charge in [0.25, 0.3) is 0 Å². The number of hydrogen-bond donors (Lipinski definition) is 0. The van der Waals surface area contributed by atoms with E-state index in [-0.39, 0.29) is 35.3 Å².